The van der Waals surface area contributed by atoms with Crippen molar-refractivity contribution in [2.45, 2.75) is 38.8 Å². The second-order valence-electron chi connectivity index (χ2n) is 5.82. The van der Waals surface area contributed by atoms with Crippen molar-refractivity contribution >= 4 is 5.82 Å². The average molecular weight is 276 g/mol. The van der Waals surface area contributed by atoms with E-state index in [1.54, 1.807) is 0 Å². The summed E-state index contributed by atoms with van der Waals surface area (Å²) < 4.78 is 0. The summed E-state index contributed by atoms with van der Waals surface area (Å²) in [5, 5.41) is 3.41. The van der Waals surface area contributed by atoms with E-state index >= 15 is 0 Å². The fourth-order valence-corrected chi connectivity index (χ4v) is 2.79. The molecular weight excluding hydrogens is 248 g/mol. The zero-order valence-corrected chi connectivity index (χ0v) is 13.1. The molecule has 1 saturated heterocycles. The summed E-state index contributed by atoms with van der Waals surface area (Å²) in [4.78, 5) is 9.51. The Kier molecular flexibility index (Phi) is 5.80. The van der Waals surface area contributed by atoms with Crippen molar-refractivity contribution in [1.82, 2.24) is 15.2 Å². The van der Waals surface area contributed by atoms with Gasteiger partial charge < -0.3 is 15.1 Å². The zero-order valence-electron chi connectivity index (χ0n) is 13.1. The van der Waals surface area contributed by atoms with E-state index in [0.717, 1.165) is 37.6 Å². The molecule has 112 valence electrons. The number of rotatable bonds is 7. The van der Waals surface area contributed by atoms with Gasteiger partial charge in [0.25, 0.3) is 0 Å². The average Bonchev–Trinajstić information content (AvgIpc) is 2.85. The van der Waals surface area contributed by atoms with E-state index in [-0.39, 0.29) is 0 Å². The van der Waals surface area contributed by atoms with Crippen LogP contribution in [0.25, 0.3) is 0 Å². The van der Waals surface area contributed by atoms with E-state index < -0.39 is 0 Å². The highest BCUT2D eigenvalue weighted by molar-refractivity contribution is 5.38. The lowest BCUT2D eigenvalue weighted by atomic mass is 10.2. The van der Waals surface area contributed by atoms with Crippen LogP contribution >= 0.6 is 0 Å². The molecule has 0 aromatic carbocycles. The third-order valence-corrected chi connectivity index (χ3v) is 4.07. The van der Waals surface area contributed by atoms with Crippen LogP contribution in [0, 0.1) is 0 Å². The van der Waals surface area contributed by atoms with Crippen molar-refractivity contribution in [3.05, 3.63) is 23.9 Å². The zero-order chi connectivity index (χ0) is 14.4. The SMILES string of the molecule is CCCNCc1cccc(N(C)CC2CCCN2C)n1. The highest BCUT2D eigenvalue weighted by Crippen LogP contribution is 2.18. The van der Waals surface area contributed by atoms with Gasteiger partial charge in [-0.2, -0.15) is 0 Å². The van der Waals surface area contributed by atoms with Crippen molar-refractivity contribution in [2.75, 3.05) is 38.6 Å². The summed E-state index contributed by atoms with van der Waals surface area (Å²) in [6, 6.07) is 6.99. The Hall–Kier alpha value is -1.13. The Labute approximate surface area is 123 Å². The molecule has 0 amide bonds. The van der Waals surface area contributed by atoms with E-state index in [9.17, 15) is 0 Å². The number of nitrogens with one attached hydrogen (secondary N) is 1. The first-order chi connectivity index (χ1) is 9.70. The standard InChI is InChI=1S/C16H28N4/c1-4-10-17-12-14-7-5-9-16(18-14)20(3)13-15-8-6-11-19(15)2/h5,7,9,15,17H,4,6,8,10-13H2,1-3H3. The molecule has 1 aliphatic rings. The predicted octanol–water partition coefficient (Wildman–Crippen LogP) is 2.11. The Morgan fingerprint density at radius 3 is 3.00 bits per heavy atom. The van der Waals surface area contributed by atoms with Crippen molar-refractivity contribution < 1.29 is 0 Å². The van der Waals surface area contributed by atoms with E-state index in [1.807, 2.05) is 0 Å². The largest absolute Gasteiger partial charge is 0.358 e. The number of likely N-dealkylation sites (tertiary alicyclic amines) is 1. The maximum atomic E-state index is 4.76. The first-order valence-electron chi connectivity index (χ1n) is 7.78. The van der Waals surface area contributed by atoms with Gasteiger partial charge in [-0.1, -0.05) is 13.0 Å². The minimum absolute atomic E-state index is 0.670. The van der Waals surface area contributed by atoms with Crippen LogP contribution < -0.4 is 10.2 Å². The van der Waals surface area contributed by atoms with Crippen molar-refractivity contribution in [3.8, 4) is 0 Å². The number of hydrogen-bond acceptors (Lipinski definition) is 4. The Balaban J connectivity index is 1.91. The van der Waals surface area contributed by atoms with Crippen LogP contribution in [-0.2, 0) is 6.54 Å². The van der Waals surface area contributed by atoms with Crippen molar-refractivity contribution in [3.63, 3.8) is 0 Å². The lowest BCUT2D eigenvalue weighted by molar-refractivity contribution is 0.314. The minimum Gasteiger partial charge on any atom is -0.358 e. The minimum atomic E-state index is 0.670. The van der Waals surface area contributed by atoms with Crippen LogP contribution in [-0.4, -0.2) is 49.7 Å². The van der Waals surface area contributed by atoms with Gasteiger partial charge in [-0.3, -0.25) is 0 Å². The molecule has 4 heteroatoms. The highest BCUT2D eigenvalue weighted by atomic mass is 15.2. The molecule has 0 bridgehead atoms. The smallest absolute Gasteiger partial charge is 0.128 e. The third-order valence-electron chi connectivity index (χ3n) is 4.07. The molecule has 1 aromatic rings. The molecule has 2 rings (SSSR count). The molecule has 0 radical (unpaired) electrons. The van der Waals surface area contributed by atoms with E-state index in [1.165, 1.54) is 19.4 Å². The lowest BCUT2D eigenvalue weighted by Gasteiger charge is -2.26. The number of aromatic nitrogens is 1. The summed E-state index contributed by atoms with van der Waals surface area (Å²) >= 11 is 0. The molecule has 4 nitrogen and oxygen atoms in total. The maximum Gasteiger partial charge on any atom is 0.128 e. The second-order valence-corrected chi connectivity index (χ2v) is 5.82. The van der Waals surface area contributed by atoms with Crippen LogP contribution in [0.3, 0.4) is 0 Å². The van der Waals surface area contributed by atoms with E-state index in [0.29, 0.717) is 6.04 Å². The molecule has 0 aliphatic carbocycles. The summed E-state index contributed by atoms with van der Waals surface area (Å²) in [7, 11) is 4.38. The van der Waals surface area contributed by atoms with Crippen molar-refractivity contribution in [2.24, 2.45) is 0 Å². The van der Waals surface area contributed by atoms with Crippen LogP contribution in [0.4, 0.5) is 5.82 Å². The van der Waals surface area contributed by atoms with Gasteiger partial charge in [-0.05, 0) is 51.5 Å². The van der Waals surface area contributed by atoms with Gasteiger partial charge in [-0.15, -0.1) is 0 Å². The molecule has 1 aromatic heterocycles. The number of nitrogens with zero attached hydrogens (tertiary/aromatic N) is 3. The van der Waals surface area contributed by atoms with Crippen LogP contribution in [0.2, 0.25) is 0 Å². The van der Waals surface area contributed by atoms with E-state index in [2.05, 4.69) is 54.3 Å². The summed E-state index contributed by atoms with van der Waals surface area (Å²) in [6.45, 7) is 6.39. The number of anilines is 1. The molecule has 0 spiro atoms. The van der Waals surface area contributed by atoms with Crippen molar-refractivity contribution in [1.29, 1.82) is 0 Å². The van der Waals surface area contributed by atoms with Gasteiger partial charge in [0.15, 0.2) is 0 Å². The molecular formula is C16H28N4. The number of hydrogen-bond donors (Lipinski definition) is 1. The van der Waals surface area contributed by atoms with Gasteiger partial charge in [-0.25, -0.2) is 4.98 Å². The van der Waals surface area contributed by atoms with Crippen LogP contribution in [0.1, 0.15) is 31.9 Å². The molecule has 20 heavy (non-hydrogen) atoms. The summed E-state index contributed by atoms with van der Waals surface area (Å²) in [5.74, 6) is 1.08. The fourth-order valence-electron chi connectivity index (χ4n) is 2.79. The Morgan fingerprint density at radius 1 is 1.45 bits per heavy atom. The Bertz CT molecular complexity index is 407. The maximum absolute atomic E-state index is 4.76. The molecule has 1 aliphatic heterocycles. The topological polar surface area (TPSA) is 31.4 Å². The van der Waals surface area contributed by atoms with Crippen LogP contribution in [0.5, 0.6) is 0 Å². The highest BCUT2D eigenvalue weighted by Gasteiger charge is 2.22. The molecule has 1 atom stereocenters. The first kappa shape index (κ1) is 15.3. The monoisotopic (exact) mass is 276 g/mol. The van der Waals surface area contributed by atoms with Gasteiger partial charge in [0.05, 0.1) is 5.69 Å². The van der Waals surface area contributed by atoms with Gasteiger partial charge in [0.1, 0.15) is 5.82 Å². The molecule has 1 fully saturated rings. The summed E-state index contributed by atoms with van der Waals surface area (Å²) in [6.07, 6.45) is 3.79. The first-order valence-corrected chi connectivity index (χ1v) is 7.78. The van der Waals surface area contributed by atoms with Gasteiger partial charge in [0.2, 0.25) is 0 Å². The lowest BCUT2D eigenvalue weighted by Crippen LogP contribution is -2.37. The molecule has 1 unspecified atom stereocenters. The molecule has 0 saturated carbocycles. The number of likely N-dealkylation sites (N-methyl/N-ethyl adjacent to an activating group) is 2. The van der Waals surface area contributed by atoms with Gasteiger partial charge in [0, 0.05) is 26.2 Å². The quantitative estimate of drug-likeness (QED) is 0.773. The normalized spacial score (nSPS) is 19.4. The fraction of sp³-hybridized carbons (Fsp3) is 0.688. The third kappa shape index (κ3) is 4.18. The van der Waals surface area contributed by atoms with E-state index in [4.69, 9.17) is 4.98 Å². The second kappa shape index (κ2) is 7.60. The Morgan fingerprint density at radius 2 is 2.30 bits per heavy atom. The molecule has 2 heterocycles. The van der Waals surface area contributed by atoms with Crippen LogP contribution in [0.15, 0.2) is 18.2 Å². The summed E-state index contributed by atoms with van der Waals surface area (Å²) in [5.41, 5.74) is 1.13. The molecule has 1 N–H and O–H groups in total. The predicted molar refractivity (Wildman–Crippen MR) is 85.2 cm³/mol. The van der Waals surface area contributed by atoms with Gasteiger partial charge >= 0.3 is 0 Å². The number of pyridine rings is 1.